The first-order valence-electron chi connectivity index (χ1n) is 6.12. The van der Waals surface area contributed by atoms with E-state index in [4.69, 9.17) is 4.42 Å². The fraction of sp³-hybridized carbons (Fsp3) is 0.538. The molecule has 5 heteroatoms. The lowest BCUT2D eigenvalue weighted by Crippen LogP contribution is -2.52. The Morgan fingerprint density at radius 3 is 2.78 bits per heavy atom. The molecule has 0 aromatic carbocycles. The minimum atomic E-state index is -1.05. The first-order chi connectivity index (χ1) is 8.53. The van der Waals surface area contributed by atoms with Crippen molar-refractivity contribution in [1.29, 1.82) is 0 Å². The minimum absolute atomic E-state index is 0.247. The number of rotatable bonds is 3. The standard InChI is InChI=1S/C13H17NO4/c1-3-13(12(16)17)6-4-7-14(13)11(15)10-5-8-18-9(10)2/h5,8H,3-4,6-7H2,1-2H3,(H,16,17)/t13-/m0/s1. The topological polar surface area (TPSA) is 70.8 Å². The van der Waals surface area contributed by atoms with Gasteiger partial charge in [0, 0.05) is 6.54 Å². The van der Waals surface area contributed by atoms with Crippen LogP contribution in [0.25, 0.3) is 0 Å². The number of nitrogens with zero attached hydrogens (tertiary/aromatic N) is 1. The molecule has 1 fully saturated rings. The van der Waals surface area contributed by atoms with Crippen LogP contribution in [-0.2, 0) is 4.79 Å². The summed E-state index contributed by atoms with van der Waals surface area (Å²) in [7, 11) is 0. The average Bonchev–Trinajstić information content (AvgIpc) is 2.94. The molecule has 98 valence electrons. The van der Waals surface area contributed by atoms with E-state index in [1.54, 1.807) is 13.0 Å². The van der Waals surface area contributed by atoms with E-state index in [2.05, 4.69) is 0 Å². The van der Waals surface area contributed by atoms with E-state index in [0.29, 0.717) is 30.7 Å². The first kappa shape index (κ1) is 12.7. The van der Waals surface area contributed by atoms with Gasteiger partial charge < -0.3 is 14.4 Å². The first-order valence-corrected chi connectivity index (χ1v) is 6.12. The number of aliphatic carboxylic acids is 1. The number of likely N-dealkylation sites (tertiary alicyclic amines) is 1. The molecule has 1 atom stereocenters. The van der Waals surface area contributed by atoms with Gasteiger partial charge in [0.05, 0.1) is 11.8 Å². The second kappa shape index (κ2) is 4.48. The van der Waals surface area contributed by atoms with Crippen LogP contribution in [0.1, 0.15) is 42.3 Å². The Bertz CT molecular complexity index is 479. The van der Waals surface area contributed by atoms with Gasteiger partial charge in [-0.1, -0.05) is 6.92 Å². The quantitative estimate of drug-likeness (QED) is 0.892. The van der Waals surface area contributed by atoms with Crippen LogP contribution in [0.2, 0.25) is 0 Å². The van der Waals surface area contributed by atoms with Crippen molar-refractivity contribution in [3.63, 3.8) is 0 Å². The van der Waals surface area contributed by atoms with Crippen molar-refractivity contribution in [3.05, 3.63) is 23.7 Å². The van der Waals surface area contributed by atoms with Gasteiger partial charge in [-0.2, -0.15) is 0 Å². The number of hydrogen-bond acceptors (Lipinski definition) is 3. The van der Waals surface area contributed by atoms with Crippen LogP contribution in [0.3, 0.4) is 0 Å². The molecule has 1 aromatic rings. The lowest BCUT2D eigenvalue weighted by molar-refractivity contribution is -0.148. The fourth-order valence-corrected chi connectivity index (χ4v) is 2.67. The maximum atomic E-state index is 12.4. The van der Waals surface area contributed by atoms with Gasteiger partial charge in [0.25, 0.3) is 5.91 Å². The molecule has 0 aliphatic carbocycles. The Hall–Kier alpha value is -1.78. The highest BCUT2D eigenvalue weighted by molar-refractivity contribution is 5.99. The normalized spacial score (nSPS) is 23.3. The van der Waals surface area contributed by atoms with Crippen molar-refractivity contribution < 1.29 is 19.1 Å². The molecule has 2 rings (SSSR count). The van der Waals surface area contributed by atoms with Crippen molar-refractivity contribution >= 4 is 11.9 Å². The number of carboxylic acids is 1. The number of carbonyl (C=O) groups is 2. The van der Waals surface area contributed by atoms with Crippen LogP contribution in [0.4, 0.5) is 0 Å². The van der Waals surface area contributed by atoms with Gasteiger partial charge in [0.1, 0.15) is 11.3 Å². The van der Waals surface area contributed by atoms with Gasteiger partial charge >= 0.3 is 5.97 Å². The van der Waals surface area contributed by atoms with E-state index in [-0.39, 0.29) is 5.91 Å². The number of furan rings is 1. The highest BCUT2D eigenvalue weighted by Crippen LogP contribution is 2.34. The van der Waals surface area contributed by atoms with Crippen molar-refractivity contribution in [2.24, 2.45) is 0 Å². The zero-order valence-corrected chi connectivity index (χ0v) is 10.6. The molecule has 0 radical (unpaired) electrons. The zero-order valence-electron chi connectivity index (χ0n) is 10.6. The fourth-order valence-electron chi connectivity index (χ4n) is 2.67. The third-order valence-electron chi connectivity index (χ3n) is 3.81. The number of aryl methyl sites for hydroxylation is 1. The van der Waals surface area contributed by atoms with Gasteiger partial charge in [0.15, 0.2) is 0 Å². The maximum absolute atomic E-state index is 12.4. The van der Waals surface area contributed by atoms with E-state index in [1.807, 2.05) is 6.92 Å². The molecule has 0 spiro atoms. The highest BCUT2D eigenvalue weighted by atomic mass is 16.4. The Morgan fingerprint density at radius 2 is 2.28 bits per heavy atom. The van der Waals surface area contributed by atoms with Crippen LogP contribution in [-0.4, -0.2) is 34.0 Å². The molecular weight excluding hydrogens is 234 g/mol. The minimum Gasteiger partial charge on any atom is -0.479 e. The Morgan fingerprint density at radius 1 is 1.56 bits per heavy atom. The molecule has 2 heterocycles. The van der Waals surface area contributed by atoms with Crippen molar-refractivity contribution in [2.45, 2.75) is 38.6 Å². The molecular formula is C13H17NO4. The molecule has 1 aliphatic rings. The third kappa shape index (κ3) is 1.70. The predicted molar refractivity (Wildman–Crippen MR) is 64.4 cm³/mol. The number of amides is 1. The zero-order chi connectivity index (χ0) is 13.3. The SMILES string of the molecule is CC[C@@]1(C(=O)O)CCCN1C(=O)c1ccoc1C. The molecule has 18 heavy (non-hydrogen) atoms. The lowest BCUT2D eigenvalue weighted by atomic mass is 9.92. The highest BCUT2D eigenvalue weighted by Gasteiger charge is 2.48. The number of carbonyl (C=O) groups excluding carboxylic acids is 1. The van der Waals surface area contributed by atoms with E-state index >= 15 is 0 Å². The molecule has 1 saturated heterocycles. The summed E-state index contributed by atoms with van der Waals surface area (Å²) in [5.41, 5.74) is -0.600. The Balaban J connectivity index is 2.35. The van der Waals surface area contributed by atoms with Crippen LogP contribution < -0.4 is 0 Å². The van der Waals surface area contributed by atoms with Gasteiger partial charge in [-0.15, -0.1) is 0 Å². The summed E-state index contributed by atoms with van der Waals surface area (Å²) < 4.78 is 5.11. The monoisotopic (exact) mass is 251 g/mol. The second-order valence-electron chi connectivity index (χ2n) is 4.64. The predicted octanol–water partition coefficient (Wildman–Crippen LogP) is 2.06. The van der Waals surface area contributed by atoms with Gasteiger partial charge in [0.2, 0.25) is 0 Å². The van der Waals surface area contributed by atoms with Crippen LogP contribution in [0.5, 0.6) is 0 Å². The summed E-state index contributed by atoms with van der Waals surface area (Å²) in [6.45, 7) is 4.00. The molecule has 1 aliphatic heterocycles. The van der Waals surface area contributed by atoms with E-state index in [1.165, 1.54) is 11.2 Å². The van der Waals surface area contributed by atoms with Crippen molar-refractivity contribution in [2.75, 3.05) is 6.54 Å². The largest absolute Gasteiger partial charge is 0.479 e. The van der Waals surface area contributed by atoms with Crippen LogP contribution >= 0.6 is 0 Å². The summed E-state index contributed by atoms with van der Waals surface area (Å²) in [6.07, 6.45) is 3.11. The van der Waals surface area contributed by atoms with E-state index < -0.39 is 11.5 Å². The summed E-state index contributed by atoms with van der Waals surface area (Å²) in [4.78, 5) is 25.4. The maximum Gasteiger partial charge on any atom is 0.329 e. The Labute approximate surface area is 105 Å². The molecule has 1 amide bonds. The molecule has 1 N–H and O–H groups in total. The molecule has 0 bridgehead atoms. The van der Waals surface area contributed by atoms with Crippen LogP contribution in [0.15, 0.2) is 16.7 Å². The third-order valence-corrected chi connectivity index (χ3v) is 3.81. The average molecular weight is 251 g/mol. The van der Waals surface area contributed by atoms with E-state index in [9.17, 15) is 14.7 Å². The van der Waals surface area contributed by atoms with Gasteiger partial charge in [-0.3, -0.25) is 4.79 Å². The van der Waals surface area contributed by atoms with Crippen molar-refractivity contribution in [3.8, 4) is 0 Å². The summed E-state index contributed by atoms with van der Waals surface area (Å²) in [6, 6.07) is 1.60. The molecule has 0 saturated carbocycles. The van der Waals surface area contributed by atoms with Crippen molar-refractivity contribution in [1.82, 2.24) is 4.90 Å². The molecule has 0 unspecified atom stereocenters. The number of carboxylic acid groups (broad SMARTS) is 1. The van der Waals surface area contributed by atoms with Gasteiger partial charge in [-0.05, 0) is 32.3 Å². The molecule has 5 nitrogen and oxygen atoms in total. The lowest BCUT2D eigenvalue weighted by Gasteiger charge is -2.33. The summed E-state index contributed by atoms with van der Waals surface area (Å²) >= 11 is 0. The summed E-state index contributed by atoms with van der Waals surface area (Å²) in [5, 5.41) is 9.43. The van der Waals surface area contributed by atoms with E-state index in [0.717, 1.165) is 6.42 Å². The number of hydrogen-bond donors (Lipinski definition) is 1. The second-order valence-corrected chi connectivity index (χ2v) is 4.64. The molecule has 1 aromatic heterocycles. The smallest absolute Gasteiger partial charge is 0.329 e. The van der Waals surface area contributed by atoms with Crippen LogP contribution in [0, 0.1) is 6.92 Å². The summed E-state index contributed by atoms with van der Waals surface area (Å²) in [5.74, 6) is -0.637. The van der Waals surface area contributed by atoms with Gasteiger partial charge in [-0.25, -0.2) is 4.79 Å². The Kier molecular flexibility index (Phi) is 3.15.